The fourth-order valence-corrected chi connectivity index (χ4v) is 2.71. The second-order valence-electron chi connectivity index (χ2n) is 6.17. The van der Waals surface area contributed by atoms with E-state index in [9.17, 15) is 18.0 Å². The molecule has 0 unspecified atom stereocenters. The molecule has 5 nitrogen and oxygen atoms in total. The van der Waals surface area contributed by atoms with Gasteiger partial charge >= 0.3 is 6.03 Å². The molecule has 0 aliphatic heterocycles. The Morgan fingerprint density at radius 3 is 2.28 bits per heavy atom. The van der Waals surface area contributed by atoms with E-state index in [4.69, 9.17) is 9.47 Å². The maximum atomic E-state index is 13.9. The number of carbonyl (C=O) groups excluding carboxylic acids is 1. The SMILES string of the molecule is CCOC(CN(CCc1ccccc1)C(=O)Nc1ccc(F)c(F)c1F)OCC. The molecule has 0 radical (unpaired) electrons. The van der Waals surface area contributed by atoms with Crippen LogP contribution in [0.5, 0.6) is 0 Å². The summed E-state index contributed by atoms with van der Waals surface area (Å²) in [5.74, 6) is -4.41. The maximum Gasteiger partial charge on any atom is 0.322 e. The summed E-state index contributed by atoms with van der Waals surface area (Å²) in [6, 6.07) is 10.6. The van der Waals surface area contributed by atoms with Crippen molar-refractivity contribution in [1.29, 1.82) is 0 Å². The number of rotatable bonds is 10. The molecule has 2 aromatic carbocycles. The Morgan fingerprint density at radius 2 is 1.66 bits per heavy atom. The van der Waals surface area contributed by atoms with Crippen molar-refractivity contribution in [1.82, 2.24) is 4.90 Å². The second kappa shape index (κ2) is 11.4. The average molecular weight is 410 g/mol. The molecule has 1 N–H and O–H groups in total. The summed E-state index contributed by atoms with van der Waals surface area (Å²) < 4.78 is 51.5. The summed E-state index contributed by atoms with van der Waals surface area (Å²) in [5, 5.41) is 2.30. The molecule has 0 saturated carbocycles. The Balaban J connectivity index is 2.15. The predicted molar refractivity (Wildman–Crippen MR) is 104 cm³/mol. The van der Waals surface area contributed by atoms with Crippen molar-refractivity contribution in [2.75, 3.05) is 31.6 Å². The van der Waals surface area contributed by atoms with Crippen LogP contribution in [0.1, 0.15) is 19.4 Å². The van der Waals surface area contributed by atoms with Crippen molar-refractivity contribution < 1.29 is 27.4 Å². The molecule has 0 saturated heterocycles. The summed E-state index contributed by atoms with van der Waals surface area (Å²) >= 11 is 0. The van der Waals surface area contributed by atoms with Crippen LogP contribution in [0, 0.1) is 17.5 Å². The first-order valence-electron chi connectivity index (χ1n) is 9.42. The van der Waals surface area contributed by atoms with Crippen LogP contribution in [-0.4, -0.2) is 43.5 Å². The lowest BCUT2D eigenvalue weighted by molar-refractivity contribution is -0.142. The van der Waals surface area contributed by atoms with Crippen molar-refractivity contribution in [2.45, 2.75) is 26.6 Å². The lowest BCUT2D eigenvalue weighted by Crippen LogP contribution is -2.43. The fraction of sp³-hybridized carbons (Fsp3) is 0.381. The monoisotopic (exact) mass is 410 g/mol. The molecule has 0 atom stereocenters. The lowest BCUT2D eigenvalue weighted by atomic mass is 10.1. The van der Waals surface area contributed by atoms with Gasteiger partial charge in [0.1, 0.15) is 0 Å². The van der Waals surface area contributed by atoms with Crippen LogP contribution in [0.2, 0.25) is 0 Å². The van der Waals surface area contributed by atoms with Crippen LogP contribution in [0.15, 0.2) is 42.5 Å². The van der Waals surface area contributed by atoms with E-state index in [1.54, 1.807) is 13.8 Å². The van der Waals surface area contributed by atoms with Gasteiger partial charge in [-0.3, -0.25) is 0 Å². The quantitative estimate of drug-likeness (QED) is 0.461. The molecular weight excluding hydrogens is 385 g/mol. The third-order valence-electron chi connectivity index (χ3n) is 4.15. The summed E-state index contributed by atoms with van der Waals surface area (Å²) in [4.78, 5) is 14.1. The minimum absolute atomic E-state index is 0.0889. The third-order valence-corrected chi connectivity index (χ3v) is 4.15. The van der Waals surface area contributed by atoms with Crippen LogP contribution in [0.4, 0.5) is 23.7 Å². The molecule has 0 heterocycles. The number of halogens is 3. The Bertz CT molecular complexity index is 784. The van der Waals surface area contributed by atoms with Gasteiger partial charge in [-0.05, 0) is 38.0 Å². The van der Waals surface area contributed by atoms with Crippen LogP contribution in [0.25, 0.3) is 0 Å². The Kier molecular flexibility index (Phi) is 8.95. The number of nitrogens with one attached hydrogen (secondary N) is 1. The first-order chi connectivity index (χ1) is 14.0. The number of amides is 2. The first-order valence-corrected chi connectivity index (χ1v) is 9.42. The van der Waals surface area contributed by atoms with Gasteiger partial charge in [0, 0.05) is 19.8 Å². The summed E-state index contributed by atoms with van der Waals surface area (Å²) in [7, 11) is 0. The van der Waals surface area contributed by atoms with Crippen molar-refractivity contribution >= 4 is 11.7 Å². The van der Waals surface area contributed by atoms with Crippen LogP contribution < -0.4 is 5.32 Å². The Morgan fingerprint density at radius 1 is 1.00 bits per heavy atom. The average Bonchev–Trinajstić information content (AvgIpc) is 2.72. The van der Waals surface area contributed by atoms with E-state index in [0.29, 0.717) is 19.6 Å². The minimum Gasteiger partial charge on any atom is -0.351 e. The topological polar surface area (TPSA) is 50.8 Å². The summed E-state index contributed by atoms with van der Waals surface area (Å²) in [6.45, 7) is 4.75. The Labute approximate surface area is 168 Å². The minimum atomic E-state index is -1.64. The molecule has 0 aliphatic rings. The van der Waals surface area contributed by atoms with Crippen molar-refractivity contribution in [2.24, 2.45) is 0 Å². The fourth-order valence-electron chi connectivity index (χ4n) is 2.71. The highest BCUT2D eigenvalue weighted by Gasteiger charge is 2.22. The molecule has 29 heavy (non-hydrogen) atoms. The maximum absolute atomic E-state index is 13.9. The highest BCUT2D eigenvalue weighted by molar-refractivity contribution is 5.89. The van der Waals surface area contributed by atoms with Gasteiger partial charge in [0.25, 0.3) is 0 Å². The van der Waals surface area contributed by atoms with Gasteiger partial charge in [0.05, 0.1) is 12.2 Å². The van der Waals surface area contributed by atoms with Gasteiger partial charge in [-0.25, -0.2) is 18.0 Å². The molecule has 8 heteroatoms. The van der Waals surface area contributed by atoms with Crippen LogP contribution in [0.3, 0.4) is 0 Å². The van der Waals surface area contributed by atoms with E-state index in [1.165, 1.54) is 4.90 Å². The zero-order chi connectivity index (χ0) is 21.2. The number of urea groups is 1. The van der Waals surface area contributed by atoms with E-state index >= 15 is 0 Å². The van der Waals surface area contributed by atoms with Crippen molar-refractivity contribution in [3.05, 3.63) is 65.5 Å². The lowest BCUT2D eigenvalue weighted by Gasteiger charge is -2.27. The van der Waals surface area contributed by atoms with E-state index in [1.807, 2.05) is 30.3 Å². The van der Waals surface area contributed by atoms with Crippen molar-refractivity contribution in [3.8, 4) is 0 Å². The largest absolute Gasteiger partial charge is 0.351 e. The molecule has 0 bridgehead atoms. The highest BCUT2D eigenvalue weighted by Crippen LogP contribution is 2.20. The van der Waals surface area contributed by atoms with Gasteiger partial charge in [-0.1, -0.05) is 30.3 Å². The molecule has 2 rings (SSSR count). The van der Waals surface area contributed by atoms with E-state index in [0.717, 1.165) is 17.7 Å². The first kappa shape index (κ1) is 22.7. The summed E-state index contributed by atoms with van der Waals surface area (Å²) in [5.41, 5.74) is 0.566. The van der Waals surface area contributed by atoms with Gasteiger partial charge in [-0.2, -0.15) is 0 Å². The molecule has 158 valence electrons. The molecular formula is C21H25F3N2O3. The molecule has 0 aromatic heterocycles. The zero-order valence-electron chi connectivity index (χ0n) is 16.5. The normalized spacial score (nSPS) is 11.0. The van der Waals surface area contributed by atoms with Gasteiger partial charge in [0.15, 0.2) is 23.7 Å². The Hall–Kier alpha value is -2.58. The summed E-state index contributed by atoms with van der Waals surface area (Å²) in [6.07, 6.45) is -0.124. The van der Waals surface area contributed by atoms with Gasteiger partial charge in [0.2, 0.25) is 0 Å². The van der Waals surface area contributed by atoms with Crippen molar-refractivity contribution in [3.63, 3.8) is 0 Å². The number of benzene rings is 2. The number of nitrogens with zero attached hydrogens (tertiary/aromatic N) is 1. The molecule has 2 aromatic rings. The number of anilines is 1. The van der Waals surface area contributed by atoms with E-state index < -0.39 is 35.5 Å². The van der Waals surface area contributed by atoms with Crippen LogP contribution >= 0.6 is 0 Å². The van der Waals surface area contributed by atoms with Crippen LogP contribution in [-0.2, 0) is 15.9 Å². The molecule has 2 amide bonds. The number of hydrogen-bond donors (Lipinski definition) is 1. The molecule has 0 aliphatic carbocycles. The smallest absolute Gasteiger partial charge is 0.322 e. The molecule has 0 spiro atoms. The second-order valence-corrected chi connectivity index (χ2v) is 6.17. The standard InChI is InChI=1S/C21H25F3N2O3/c1-3-28-18(29-4-2)14-26(13-12-15-8-6-5-7-9-15)21(27)25-17-11-10-16(22)19(23)20(17)24/h5-11,18H,3-4,12-14H2,1-2H3,(H,25,27). The molecule has 0 fully saturated rings. The number of ether oxygens (including phenoxy) is 2. The zero-order valence-corrected chi connectivity index (χ0v) is 16.5. The van der Waals surface area contributed by atoms with E-state index in [2.05, 4.69) is 5.32 Å². The third kappa shape index (κ3) is 6.76. The highest BCUT2D eigenvalue weighted by atomic mass is 19.2. The van der Waals surface area contributed by atoms with E-state index in [-0.39, 0.29) is 13.1 Å². The van der Waals surface area contributed by atoms with Gasteiger partial charge < -0.3 is 19.7 Å². The predicted octanol–water partition coefficient (Wildman–Crippen LogP) is 4.58. The number of carbonyl (C=O) groups is 1. The van der Waals surface area contributed by atoms with Gasteiger partial charge in [-0.15, -0.1) is 0 Å². The number of hydrogen-bond acceptors (Lipinski definition) is 3.